The molecule has 2 amide bonds. The van der Waals surface area contributed by atoms with Crippen LogP contribution >= 0.6 is 0 Å². The van der Waals surface area contributed by atoms with Gasteiger partial charge in [-0.25, -0.2) is 9.18 Å². The summed E-state index contributed by atoms with van der Waals surface area (Å²) in [4.78, 5) is 36.2. The first-order chi connectivity index (χ1) is 16.4. The quantitative estimate of drug-likeness (QED) is 0.356. The van der Waals surface area contributed by atoms with Gasteiger partial charge >= 0.3 is 5.97 Å². The first-order valence-corrected chi connectivity index (χ1v) is 10.5. The van der Waals surface area contributed by atoms with E-state index in [1.165, 1.54) is 24.3 Å². The van der Waals surface area contributed by atoms with E-state index in [-0.39, 0.29) is 5.91 Å². The Morgan fingerprint density at radius 3 is 2.26 bits per heavy atom. The summed E-state index contributed by atoms with van der Waals surface area (Å²) in [6, 6.07) is 19.0. The summed E-state index contributed by atoms with van der Waals surface area (Å²) in [6.45, 7) is 1.96. The number of ether oxygens (including phenoxy) is 2. The Morgan fingerprint density at radius 2 is 1.59 bits per heavy atom. The van der Waals surface area contributed by atoms with Crippen molar-refractivity contribution in [3.8, 4) is 5.75 Å². The van der Waals surface area contributed by atoms with Crippen LogP contribution in [-0.4, -0.2) is 31.0 Å². The fourth-order valence-electron chi connectivity index (χ4n) is 2.87. The monoisotopic (exact) mass is 462 g/mol. The van der Waals surface area contributed by atoms with Crippen LogP contribution in [0.1, 0.15) is 22.8 Å². The molecule has 0 aliphatic rings. The molecule has 3 rings (SSSR count). The Morgan fingerprint density at radius 1 is 0.912 bits per heavy atom. The van der Waals surface area contributed by atoms with Gasteiger partial charge in [0.2, 0.25) is 0 Å². The third-order valence-corrected chi connectivity index (χ3v) is 4.46. The van der Waals surface area contributed by atoms with Gasteiger partial charge in [0.25, 0.3) is 11.8 Å². The lowest BCUT2D eigenvalue weighted by Gasteiger charge is -2.09. The largest absolute Gasteiger partial charge is 0.494 e. The standard InChI is InChI=1S/C26H23FN2O5/c1-2-33-23-13-11-22(12-14-23)29-26(32)19-7-9-21(10-8-19)28-24(30)17-34-25(31)15-6-18-4-3-5-20(27)16-18/h3-16H,2,17H2,1H3,(H,28,30)(H,29,32)/b15-6+. The number of amides is 2. The van der Waals surface area contributed by atoms with Crippen molar-refractivity contribution in [3.05, 3.63) is 95.8 Å². The topological polar surface area (TPSA) is 93.7 Å². The van der Waals surface area contributed by atoms with Crippen molar-refractivity contribution in [2.75, 3.05) is 23.8 Å². The Labute approximate surface area is 196 Å². The molecule has 0 unspecified atom stereocenters. The zero-order chi connectivity index (χ0) is 24.3. The molecule has 3 aromatic rings. The number of carbonyl (C=O) groups excluding carboxylic acids is 3. The third kappa shape index (κ3) is 7.59. The van der Waals surface area contributed by atoms with E-state index in [9.17, 15) is 18.8 Å². The number of rotatable bonds is 9. The van der Waals surface area contributed by atoms with Gasteiger partial charge in [-0.2, -0.15) is 0 Å². The number of nitrogens with one attached hydrogen (secondary N) is 2. The zero-order valence-electron chi connectivity index (χ0n) is 18.4. The minimum absolute atomic E-state index is 0.305. The number of halogens is 1. The summed E-state index contributed by atoms with van der Waals surface area (Å²) in [5.41, 5.74) is 1.96. The first-order valence-electron chi connectivity index (χ1n) is 10.5. The van der Waals surface area contributed by atoms with E-state index < -0.39 is 24.3 Å². The van der Waals surface area contributed by atoms with Crippen LogP contribution in [0, 0.1) is 5.82 Å². The van der Waals surface area contributed by atoms with Crippen LogP contribution in [0.5, 0.6) is 5.75 Å². The second-order valence-electron chi connectivity index (χ2n) is 7.03. The second kappa shape index (κ2) is 12.0. The fourth-order valence-corrected chi connectivity index (χ4v) is 2.87. The molecule has 0 aromatic heterocycles. The second-order valence-corrected chi connectivity index (χ2v) is 7.03. The number of benzene rings is 3. The molecule has 0 fully saturated rings. The Bertz CT molecular complexity index is 1170. The summed E-state index contributed by atoms with van der Waals surface area (Å²) in [5.74, 6) is -1.29. The number of anilines is 2. The predicted molar refractivity (Wildman–Crippen MR) is 127 cm³/mol. The molecule has 0 heterocycles. The van der Waals surface area contributed by atoms with Crippen LogP contribution in [-0.2, 0) is 14.3 Å². The van der Waals surface area contributed by atoms with Gasteiger partial charge < -0.3 is 20.1 Å². The molecule has 0 bridgehead atoms. The fraction of sp³-hybridized carbons (Fsp3) is 0.115. The van der Waals surface area contributed by atoms with Gasteiger partial charge in [-0.05, 0) is 79.2 Å². The van der Waals surface area contributed by atoms with Crippen molar-refractivity contribution in [3.63, 3.8) is 0 Å². The van der Waals surface area contributed by atoms with Gasteiger partial charge in [-0.15, -0.1) is 0 Å². The van der Waals surface area contributed by atoms with Gasteiger partial charge in [0, 0.05) is 23.0 Å². The van der Waals surface area contributed by atoms with Crippen molar-refractivity contribution in [2.45, 2.75) is 6.92 Å². The van der Waals surface area contributed by atoms with E-state index in [4.69, 9.17) is 9.47 Å². The highest BCUT2D eigenvalue weighted by Gasteiger charge is 2.09. The maximum absolute atomic E-state index is 13.1. The van der Waals surface area contributed by atoms with Crippen molar-refractivity contribution >= 4 is 35.2 Å². The Balaban J connectivity index is 1.45. The summed E-state index contributed by atoms with van der Waals surface area (Å²) in [7, 11) is 0. The van der Waals surface area contributed by atoms with Gasteiger partial charge in [0.15, 0.2) is 6.61 Å². The SMILES string of the molecule is CCOc1ccc(NC(=O)c2ccc(NC(=O)COC(=O)/C=C/c3cccc(F)c3)cc2)cc1. The molecule has 0 radical (unpaired) electrons. The molecule has 0 aliphatic heterocycles. The van der Waals surface area contributed by atoms with Gasteiger partial charge in [-0.3, -0.25) is 9.59 Å². The van der Waals surface area contributed by atoms with Crippen LogP contribution < -0.4 is 15.4 Å². The van der Waals surface area contributed by atoms with Crippen molar-refractivity contribution in [1.29, 1.82) is 0 Å². The van der Waals surface area contributed by atoms with E-state index in [0.29, 0.717) is 34.9 Å². The smallest absolute Gasteiger partial charge is 0.331 e. The van der Waals surface area contributed by atoms with Crippen molar-refractivity contribution in [2.24, 2.45) is 0 Å². The lowest BCUT2D eigenvalue weighted by molar-refractivity contribution is -0.142. The molecule has 8 heteroatoms. The average Bonchev–Trinajstić information content (AvgIpc) is 2.83. The van der Waals surface area contributed by atoms with Gasteiger partial charge in [0.05, 0.1) is 6.61 Å². The highest BCUT2D eigenvalue weighted by Crippen LogP contribution is 2.17. The maximum atomic E-state index is 13.1. The van der Waals surface area contributed by atoms with Crippen LogP contribution in [0.2, 0.25) is 0 Å². The van der Waals surface area contributed by atoms with Crippen LogP contribution in [0.3, 0.4) is 0 Å². The lowest BCUT2D eigenvalue weighted by atomic mass is 10.2. The Hall–Kier alpha value is -4.46. The molecule has 0 saturated carbocycles. The molecule has 0 atom stereocenters. The molecule has 7 nitrogen and oxygen atoms in total. The number of hydrogen-bond acceptors (Lipinski definition) is 5. The molecule has 34 heavy (non-hydrogen) atoms. The Kier molecular flexibility index (Phi) is 8.51. The molecule has 2 N–H and O–H groups in total. The number of esters is 1. The van der Waals surface area contributed by atoms with Crippen molar-refractivity contribution in [1.82, 2.24) is 0 Å². The molecular formula is C26H23FN2O5. The summed E-state index contributed by atoms with van der Waals surface area (Å²) < 4.78 is 23.4. The average molecular weight is 462 g/mol. The van der Waals surface area contributed by atoms with Crippen LogP contribution in [0.15, 0.2) is 78.9 Å². The van der Waals surface area contributed by atoms with E-state index in [1.54, 1.807) is 54.6 Å². The predicted octanol–water partition coefficient (Wildman–Crippen LogP) is 4.67. The summed E-state index contributed by atoms with van der Waals surface area (Å²) >= 11 is 0. The van der Waals surface area contributed by atoms with E-state index in [2.05, 4.69) is 10.6 Å². The van der Waals surface area contributed by atoms with E-state index in [0.717, 1.165) is 6.08 Å². The molecule has 174 valence electrons. The van der Waals surface area contributed by atoms with Gasteiger partial charge in [-0.1, -0.05) is 12.1 Å². The number of carbonyl (C=O) groups is 3. The van der Waals surface area contributed by atoms with Crippen molar-refractivity contribution < 1.29 is 28.2 Å². The molecule has 0 saturated heterocycles. The first kappa shape index (κ1) is 24.2. The highest BCUT2D eigenvalue weighted by molar-refractivity contribution is 6.04. The third-order valence-electron chi connectivity index (χ3n) is 4.46. The maximum Gasteiger partial charge on any atom is 0.331 e. The normalized spacial score (nSPS) is 10.5. The van der Waals surface area contributed by atoms with Crippen LogP contribution in [0.4, 0.5) is 15.8 Å². The molecular weight excluding hydrogens is 439 g/mol. The minimum Gasteiger partial charge on any atom is -0.494 e. The van der Waals surface area contributed by atoms with Gasteiger partial charge in [0.1, 0.15) is 11.6 Å². The van der Waals surface area contributed by atoms with Crippen LogP contribution in [0.25, 0.3) is 6.08 Å². The molecule has 0 spiro atoms. The molecule has 0 aliphatic carbocycles. The molecule has 3 aromatic carbocycles. The zero-order valence-corrected chi connectivity index (χ0v) is 18.4. The van der Waals surface area contributed by atoms with E-state index >= 15 is 0 Å². The number of hydrogen-bond donors (Lipinski definition) is 2. The van der Waals surface area contributed by atoms with E-state index in [1.807, 2.05) is 6.92 Å². The summed E-state index contributed by atoms with van der Waals surface area (Å²) in [5, 5.41) is 5.36. The minimum atomic E-state index is -0.735. The summed E-state index contributed by atoms with van der Waals surface area (Å²) in [6.07, 6.45) is 2.50. The highest BCUT2D eigenvalue weighted by atomic mass is 19.1. The lowest BCUT2D eigenvalue weighted by Crippen LogP contribution is -2.20.